The van der Waals surface area contributed by atoms with Crippen molar-refractivity contribution in [3.63, 3.8) is 0 Å². The first-order valence-corrected chi connectivity index (χ1v) is 11.2. The lowest BCUT2D eigenvalue weighted by Gasteiger charge is -2.19. The van der Waals surface area contributed by atoms with Crippen LogP contribution in [-0.2, 0) is 4.79 Å². The summed E-state index contributed by atoms with van der Waals surface area (Å²) >= 11 is 2.47. The highest BCUT2D eigenvalue weighted by atomic mass is 127. The summed E-state index contributed by atoms with van der Waals surface area (Å²) < 4.78 is 1.31. The Hall–Kier alpha value is -0.0600. The standard InChI is InChI=1S/C20H35IO2/c21-17-10-6-2-1-3-7-12-18-14-11-15-19(18)13-8-4-5-9-16-20(22)23/h9,16,18-19H,1-8,10-15,17H2,(H,22,23)/t18-,19-/m0/s1. The molecule has 1 saturated carbocycles. The fourth-order valence-corrected chi connectivity index (χ4v) is 4.47. The third-order valence-corrected chi connectivity index (χ3v) is 5.99. The third-order valence-electron chi connectivity index (χ3n) is 5.23. The van der Waals surface area contributed by atoms with Crippen LogP contribution in [0.15, 0.2) is 12.2 Å². The Labute approximate surface area is 156 Å². The van der Waals surface area contributed by atoms with Crippen LogP contribution in [0.3, 0.4) is 0 Å². The van der Waals surface area contributed by atoms with E-state index in [9.17, 15) is 4.79 Å². The number of carboxylic acids is 1. The highest BCUT2D eigenvalue weighted by molar-refractivity contribution is 14.1. The molecule has 0 aromatic heterocycles. The van der Waals surface area contributed by atoms with E-state index in [1.807, 2.05) is 0 Å². The highest BCUT2D eigenvalue weighted by Gasteiger charge is 2.25. The van der Waals surface area contributed by atoms with Crippen LogP contribution >= 0.6 is 22.6 Å². The molecule has 2 atom stereocenters. The molecule has 23 heavy (non-hydrogen) atoms. The molecule has 2 nitrogen and oxygen atoms in total. The molecular formula is C20H35IO2. The summed E-state index contributed by atoms with van der Waals surface area (Å²) in [6.45, 7) is 0. The minimum absolute atomic E-state index is 0.824. The van der Waals surface area contributed by atoms with Gasteiger partial charge < -0.3 is 5.11 Å². The van der Waals surface area contributed by atoms with Gasteiger partial charge in [-0.1, -0.05) is 99.3 Å². The molecule has 0 spiro atoms. The molecule has 1 N–H and O–H groups in total. The molecule has 0 unspecified atom stereocenters. The summed E-state index contributed by atoms with van der Waals surface area (Å²) in [6, 6.07) is 0. The van der Waals surface area contributed by atoms with E-state index in [4.69, 9.17) is 5.11 Å². The largest absolute Gasteiger partial charge is 0.478 e. The molecule has 134 valence electrons. The van der Waals surface area contributed by atoms with Crippen molar-refractivity contribution in [1.82, 2.24) is 0 Å². The smallest absolute Gasteiger partial charge is 0.327 e. The van der Waals surface area contributed by atoms with Gasteiger partial charge in [0, 0.05) is 6.08 Å². The lowest BCUT2D eigenvalue weighted by molar-refractivity contribution is -0.131. The van der Waals surface area contributed by atoms with E-state index in [1.54, 1.807) is 6.08 Å². The summed E-state index contributed by atoms with van der Waals surface area (Å²) in [6.07, 6.45) is 22.1. The average Bonchev–Trinajstić information content (AvgIpc) is 2.97. The lowest BCUT2D eigenvalue weighted by Crippen LogP contribution is -2.08. The van der Waals surface area contributed by atoms with Gasteiger partial charge in [-0.05, 0) is 35.5 Å². The number of alkyl halides is 1. The molecule has 0 aromatic carbocycles. The predicted octanol–water partition coefficient (Wildman–Crippen LogP) is 6.77. The van der Waals surface area contributed by atoms with Crippen LogP contribution in [0.2, 0.25) is 0 Å². The van der Waals surface area contributed by atoms with Gasteiger partial charge in [0.1, 0.15) is 0 Å². The van der Waals surface area contributed by atoms with Gasteiger partial charge in [-0.3, -0.25) is 0 Å². The summed E-state index contributed by atoms with van der Waals surface area (Å²) in [4.78, 5) is 10.4. The zero-order valence-corrected chi connectivity index (χ0v) is 16.8. The maximum absolute atomic E-state index is 10.4. The summed E-state index contributed by atoms with van der Waals surface area (Å²) in [5.74, 6) is 1.12. The average molecular weight is 434 g/mol. The molecule has 0 amide bonds. The van der Waals surface area contributed by atoms with Gasteiger partial charge in [-0.2, -0.15) is 0 Å². The van der Waals surface area contributed by atoms with E-state index in [-0.39, 0.29) is 0 Å². The molecule has 0 aromatic rings. The molecule has 0 bridgehead atoms. The van der Waals surface area contributed by atoms with Crippen molar-refractivity contribution in [2.75, 3.05) is 4.43 Å². The van der Waals surface area contributed by atoms with Gasteiger partial charge in [0.2, 0.25) is 0 Å². The van der Waals surface area contributed by atoms with E-state index in [0.29, 0.717) is 0 Å². The van der Waals surface area contributed by atoms with Crippen LogP contribution < -0.4 is 0 Å². The quantitative estimate of drug-likeness (QED) is 0.142. The molecule has 1 aliphatic rings. The maximum Gasteiger partial charge on any atom is 0.327 e. The van der Waals surface area contributed by atoms with E-state index < -0.39 is 5.97 Å². The van der Waals surface area contributed by atoms with Gasteiger partial charge >= 0.3 is 5.97 Å². The zero-order valence-electron chi connectivity index (χ0n) is 14.6. The van der Waals surface area contributed by atoms with Crippen molar-refractivity contribution in [3.8, 4) is 0 Å². The number of halogens is 1. The second kappa shape index (κ2) is 14.3. The number of carbonyl (C=O) groups is 1. The minimum Gasteiger partial charge on any atom is -0.478 e. The Morgan fingerprint density at radius 1 is 0.913 bits per heavy atom. The number of carboxylic acid groups (broad SMARTS) is 1. The Kier molecular flexibility index (Phi) is 13.0. The zero-order chi connectivity index (χ0) is 16.8. The molecule has 1 rings (SSSR count). The topological polar surface area (TPSA) is 37.3 Å². The number of aliphatic carboxylic acids is 1. The van der Waals surface area contributed by atoms with Crippen molar-refractivity contribution < 1.29 is 9.90 Å². The number of hydrogen-bond donors (Lipinski definition) is 1. The molecular weight excluding hydrogens is 399 g/mol. The molecule has 0 aliphatic heterocycles. The van der Waals surface area contributed by atoms with Gasteiger partial charge in [-0.15, -0.1) is 0 Å². The Balaban J connectivity index is 2.01. The number of hydrogen-bond acceptors (Lipinski definition) is 1. The van der Waals surface area contributed by atoms with Crippen molar-refractivity contribution in [2.24, 2.45) is 11.8 Å². The summed E-state index contributed by atoms with van der Waals surface area (Å²) in [7, 11) is 0. The van der Waals surface area contributed by atoms with Crippen LogP contribution in [-0.4, -0.2) is 15.5 Å². The van der Waals surface area contributed by atoms with E-state index in [0.717, 1.165) is 24.7 Å². The monoisotopic (exact) mass is 434 g/mol. The van der Waals surface area contributed by atoms with Gasteiger partial charge in [0.05, 0.1) is 0 Å². The number of unbranched alkanes of at least 4 members (excludes halogenated alkanes) is 7. The molecule has 1 fully saturated rings. The van der Waals surface area contributed by atoms with Crippen LogP contribution in [0.1, 0.15) is 89.9 Å². The Morgan fingerprint density at radius 2 is 1.48 bits per heavy atom. The number of allylic oxidation sites excluding steroid dienone is 1. The predicted molar refractivity (Wildman–Crippen MR) is 107 cm³/mol. The van der Waals surface area contributed by atoms with Gasteiger partial charge in [-0.25, -0.2) is 4.79 Å². The SMILES string of the molecule is O=C(O)C=CCCCC[C@H]1CCC[C@@H]1CCCCCCCCI. The number of rotatable bonds is 14. The normalized spacial score (nSPS) is 21.3. The molecule has 1 aliphatic carbocycles. The highest BCUT2D eigenvalue weighted by Crippen LogP contribution is 2.38. The Bertz CT molecular complexity index is 328. The second-order valence-corrected chi connectivity index (χ2v) is 8.15. The van der Waals surface area contributed by atoms with E-state index >= 15 is 0 Å². The lowest BCUT2D eigenvalue weighted by atomic mass is 9.87. The van der Waals surface area contributed by atoms with Crippen molar-refractivity contribution >= 4 is 28.6 Å². The molecule has 3 heteroatoms. The minimum atomic E-state index is -0.824. The third kappa shape index (κ3) is 11.2. The van der Waals surface area contributed by atoms with Crippen LogP contribution in [0.5, 0.6) is 0 Å². The second-order valence-electron chi connectivity index (χ2n) is 7.08. The van der Waals surface area contributed by atoms with E-state index in [2.05, 4.69) is 22.6 Å². The summed E-state index contributed by atoms with van der Waals surface area (Å²) in [5.41, 5.74) is 0. The van der Waals surface area contributed by atoms with Crippen LogP contribution in [0, 0.1) is 11.8 Å². The first-order valence-electron chi connectivity index (χ1n) is 9.69. The molecule has 0 saturated heterocycles. The first-order chi connectivity index (χ1) is 11.2. The fourth-order valence-electron chi connectivity index (χ4n) is 3.93. The Morgan fingerprint density at radius 3 is 2.09 bits per heavy atom. The first kappa shape index (κ1) is 21.0. The van der Waals surface area contributed by atoms with Gasteiger partial charge in [0.15, 0.2) is 0 Å². The van der Waals surface area contributed by atoms with Crippen molar-refractivity contribution in [2.45, 2.75) is 89.9 Å². The van der Waals surface area contributed by atoms with Gasteiger partial charge in [0.25, 0.3) is 0 Å². The van der Waals surface area contributed by atoms with Crippen molar-refractivity contribution in [3.05, 3.63) is 12.2 Å². The molecule has 0 heterocycles. The molecule has 0 radical (unpaired) electrons. The van der Waals surface area contributed by atoms with Crippen LogP contribution in [0.25, 0.3) is 0 Å². The van der Waals surface area contributed by atoms with Crippen molar-refractivity contribution in [1.29, 1.82) is 0 Å². The maximum atomic E-state index is 10.4. The van der Waals surface area contributed by atoms with Crippen LogP contribution in [0.4, 0.5) is 0 Å². The fraction of sp³-hybridized carbons (Fsp3) is 0.850. The van der Waals surface area contributed by atoms with E-state index in [1.165, 1.54) is 87.6 Å². The summed E-state index contributed by atoms with van der Waals surface area (Å²) in [5, 5.41) is 8.55.